The van der Waals surface area contributed by atoms with E-state index in [0.29, 0.717) is 6.79 Å². The van der Waals surface area contributed by atoms with Crippen molar-refractivity contribution in [2.24, 2.45) is 0 Å². The summed E-state index contributed by atoms with van der Waals surface area (Å²) in [6.07, 6.45) is 1.00. The van der Waals surface area contributed by atoms with Crippen LogP contribution in [0.1, 0.15) is 13.3 Å². The zero-order valence-corrected chi connectivity index (χ0v) is 11.6. The molecule has 0 saturated carbocycles. The topological polar surface area (TPSA) is 18.5 Å². The van der Waals surface area contributed by atoms with Gasteiger partial charge in [-0.15, -0.1) is 0 Å². The second-order valence-electron chi connectivity index (χ2n) is 4.85. The molecule has 20 heavy (non-hydrogen) atoms. The van der Waals surface area contributed by atoms with E-state index in [1.54, 1.807) is 0 Å². The zero-order chi connectivity index (χ0) is 13.8. The highest BCUT2D eigenvalue weighted by Gasteiger charge is 2.04. The Kier molecular flexibility index (Phi) is 3.84. The third-order valence-corrected chi connectivity index (χ3v) is 3.35. The highest BCUT2D eigenvalue weighted by atomic mass is 16.7. The Hall–Kier alpha value is -2.06. The van der Waals surface area contributed by atoms with Gasteiger partial charge in [-0.05, 0) is 40.8 Å². The summed E-state index contributed by atoms with van der Waals surface area (Å²) >= 11 is 0. The third-order valence-electron chi connectivity index (χ3n) is 3.35. The molecule has 0 radical (unpaired) electrons. The normalized spacial score (nSPS) is 11.1. The maximum absolute atomic E-state index is 5.75. The molecule has 0 aromatic heterocycles. The van der Waals surface area contributed by atoms with Crippen LogP contribution in [-0.4, -0.2) is 13.4 Å². The summed E-state index contributed by atoms with van der Waals surface area (Å²) in [6, 6.07) is 18.9. The number of rotatable bonds is 5. The van der Waals surface area contributed by atoms with Gasteiger partial charge < -0.3 is 9.47 Å². The van der Waals surface area contributed by atoms with Crippen LogP contribution in [0.25, 0.3) is 21.5 Å². The molecule has 2 nitrogen and oxygen atoms in total. The van der Waals surface area contributed by atoms with Gasteiger partial charge in [0, 0.05) is 5.39 Å². The summed E-state index contributed by atoms with van der Waals surface area (Å²) in [5.74, 6) is 0.879. The molecule has 2 heteroatoms. The SMILES string of the molecule is CCCOCOc1cccc2cc3ccccc3cc12. The van der Waals surface area contributed by atoms with E-state index in [1.807, 2.05) is 12.1 Å². The van der Waals surface area contributed by atoms with Crippen LogP contribution in [0.15, 0.2) is 54.6 Å². The Labute approximate surface area is 118 Å². The van der Waals surface area contributed by atoms with Crippen molar-refractivity contribution in [3.05, 3.63) is 54.6 Å². The van der Waals surface area contributed by atoms with Crippen molar-refractivity contribution < 1.29 is 9.47 Å². The molecular weight excluding hydrogens is 248 g/mol. The molecule has 0 saturated heterocycles. The van der Waals surface area contributed by atoms with Gasteiger partial charge >= 0.3 is 0 Å². The van der Waals surface area contributed by atoms with Crippen molar-refractivity contribution in [2.75, 3.05) is 13.4 Å². The van der Waals surface area contributed by atoms with E-state index in [2.05, 4.69) is 49.4 Å². The number of fused-ring (bicyclic) bond motifs is 2. The van der Waals surface area contributed by atoms with Crippen LogP contribution >= 0.6 is 0 Å². The molecule has 3 rings (SSSR count). The van der Waals surface area contributed by atoms with Gasteiger partial charge in [-0.3, -0.25) is 0 Å². The molecule has 0 aliphatic carbocycles. The first-order valence-electron chi connectivity index (χ1n) is 7.00. The Bertz CT molecular complexity index is 719. The summed E-state index contributed by atoms with van der Waals surface area (Å²) in [6.45, 7) is 3.12. The largest absolute Gasteiger partial charge is 0.467 e. The highest BCUT2D eigenvalue weighted by molar-refractivity contribution is 6.00. The van der Waals surface area contributed by atoms with Gasteiger partial charge in [-0.1, -0.05) is 43.3 Å². The van der Waals surface area contributed by atoms with E-state index in [0.717, 1.165) is 24.2 Å². The summed E-state index contributed by atoms with van der Waals surface area (Å²) in [5, 5.41) is 4.80. The van der Waals surface area contributed by atoms with Crippen LogP contribution in [-0.2, 0) is 4.74 Å². The summed E-state index contributed by atoms with van der Waals surface area (Å²) < 4.78 is 11.1. The van der Waals surface area contributed by atoms with Crippen LogP contribution in [0.4, 0.5) is 0 Å². The van der Waals surface area contributed by atoms with Crippen LogP contribution in [0.5, 0.6) is 5.75 Å². The van der Waals surface area contributed by atoms with E-state index in [4.69, 9.17) is 9.47 Å². The molecule has 0 atom stereocenters. The van der Waals surface area contributed by atoms with Crippen molar-refractivity contribution in [1.82, 2.24) is 0 Å². The number of hydrogen-bond donors (Lipinski definition) is 0. The summed E-state index contributed by atoms with van der Waals surface area (Å²) in [4.78, 5) is 0. The minimum Gasteiger partial charge on any atom is -0.467 e. The lowest BCUT2D eigenvalue weighted by molar-refractivity contribution is 0.0166. The molecule has 0 unspecified atom stereocenters. The second kappa shape index (κ2) is 5.93. The van der Waals surface area contributed by atoms with Gasteiger partial charge in [0.2, 0.25) is 0 Å². The lowest BCUT2D eigenvalue weighted by Crippen LogP contribution is -2.03. The van der Waals surface area contributed by atoms with Gasteiger partial charge in [0.05, 0.1) is 6.61 Å². The Morgan fingerprint density at radius 3 is 2.40 bits per heavy atom. The molecule has 0 heterocycles. The monoisotopic (exact) mass is 266 g/mol. The van der Waals surface area contributed by atoms with E-state index in [1.165, 1.54) is 16.2 Å². The van der Waals surface area contributed by atoms with Crippen LogP contribution in [0, 0.1) is 0 Å². The van der Waals surface area contributed by atoms with Gasteiger partial charge in [0.1, 0.15) is 5.75 Å². The maximum Gasteiger partial charge on any atom is 0.189 e. The first-order valence-corrected chi connectivity index (χ1v) is 7.00. The molecule has 3 aromatic carbocycles. The van der Waals surface area contributed by atoms with Crippen LogP contribution in [0.3, 0.4) is 0 Å². The fourth-order valence-corrected chi connectivity index (χ4v) is 2.37. The zero-order valence-electron chi connectivity index (χ0n) is 11.6. The molecule has 0 bridgehead atoms. The first-order chi connectivity index (χ1) is 9.88. The predicted octanol–water partition coefficient (Wildman–Crippen LogP) is 4.76. The Morgan fingerprint density at radius 1 is 0.850 bits per heavy atom. The van der Waals surface area contributed by atoms with Crippen molar-refractivity contribution in [2.45, 2.75) is 13.3 Å². The maximum atomic E-state index is 5.75. The number of ether oxygens (including phenoxy) is 2. The molecule has 3 aromatic rings. The van der Waals surface area contributed by atoms with Gasteiger partial charge in [0.25, 0.3) is 0 Å². The molecule has 0 aliphatic heterocycles. The fraction of sp³-hybridized carbons (Fsp3) is 0.222. The van der Waals surface area contributed by atoms with E-state index < -0.39 is 0 Å². The van der Waals surface area contributed by atoms with E-state index >= 15 is 0 Å². The van der Waals surface area contributed by atoms with Crippen LogP contribution < -0.4 is 4.74 Å². The van der Waals surface area contributed by atoms with E-state index in [-0.39, 0.29) is 0 Å². The number of benzene rings is 3. The van der Waals surface area contributed by atoms with E-state index in [9.17, 15) is 0 Å². The van der Waals surface area contributed by atoms with Crippen molar-refractivity contribution in [1.29, 1.82) is 0 Å². The molecule has 0 aliphatic rings. The molecule has 0 N–H and O–H groups in total. The Balaban J connectivity index is 1.97. The van der Waals surface area contributed by atoms with Gasteiger partial charge in [-0.2, -0.15) is 0 Å². The average molecular weight is 266 g/mol. The minimum atomic E-state index is 0.305. The second-order valence-corrected chi connectivity index (χ2v) is 4.85. The lowest BCUT2D eigenvalue weighted by atomic mass is 10.0. The molecule has 0 spiro atoms. The molecule has 0 amide bonds. The molecule has 0 fully saturated rings. The molecular formula is C18H18O2. The third kappa shape index (κ3) is 2.61. The average Bonchev–Trinajstić information content (AvgIpc) is 2.50. The van der Waals surface area contributed by atoms with Crippen molar-refractivity contribution >= 4 is 21.5 Å². The highest BCUT2D eigenvalue weighted by Crippen LogP contribution is 2.29. The van der Waals surface area contributed by atoms with Gasteiger partial charge in [0.15, 0.2) is 6.79 Å². The van der Waals surface area contributed by atoms with Crippen molar-refractivity contribution in [3.63, 3.8) is 0 Å². The lowest BCUT2D eigenvalue weighted by Gasteiger charge is -2.10. The standard InChI is InChI=1S/C18H18O2/c1-2-10-19-13-20-18-9-5-8-16-11-14-6-3-4-7-15(14)12-17(16)18/h3-9,11-12H,2,10,13H2,1H3. The Morgan fingerprint density at radius 2 is 1.60 bits per heavy atom. The first kappa shape index (κ1) is 12.9. The van der Waals surface area contributed by atoms with Crippen molar-refractivity contribution in [3.8, 4) is 5.75 Å². The quantitative estimate of drug-likeness (QED) is 0.377. The van der Waals surface area contributed by atoms with Crippen LogP contribution in [0.2, 0.25) is 0 Å². The number of hydrogen-bond acceptors (Lipinski definition) is 2. The fourth-order valence-electron chi connectivity index (χ4n) is 2.37. The molecule has 102 valence electrons. The summed E-state index contributed by atoms with van der Waals surface area (Å²) in [5.41, 5.74) is 0. The predicted molar refractivity (Wildman–Crippen MR) is 83.2 cm³/mol. The summed E-state index contributed by atoms with van der Waals surface area (Å²) in [7, 11) is 0. The smallest absolute Gasteiger partial charge is 0.189 e. The minimum absolute atomic E-state index is 0.305. The van der Waals surface area contributed by atoms with Gasteiger partial charge in [-0.25, -0.2) is 0 Å².